The van der Waals surface area contributed by atoms with E-state index in [1.807, 2.05) is 24.3 Å². The average molecular weight is 425 g/mol. The molecule has 2 heterocycles. The summed E-state index contributed by atoms with van der Waals surface area (Å²) >= 11 is 0. The lowest BCUT2D eigenvalue weighted by Gasteiger charge is -2.35. The quantitative estimate of drug-likeness (QED) is 0.715. The number of amides is 1. The Morgan fingerprint density at radius 1 is 1.16 bits per heavy atom. The summed E-state index contributed by atoms with van der Waals surface area (Å²) in [5, 5.41) is 13.2. The molecule has 0 saturated carbocycles. The summed E-state index contributed by atoms with van der Waals surface area (Å²) in [6.45, 7) is 3.36. The Morgan fingerprint density at radius 3 is 2.71 bits per heavy atom. The first-order valence-electron chi connectivity index (χ1n) is 11.2. The van der Waals surface area contributed by atoms with E-state index in [-0.39, 0.29) is 12.0 Å². The van der Waals surface area contributed by atoms with E-state index in [4.69, 9.17) is 9.47 Å². The summed E-state index contributed by atoms with van der Waals surface area (Å²) in [6, 6.07) is 16.2. The molecule has 2 aliphatic heterocycles. The maximum Gasteiger partial charge on any atom is 0.252 e. The van der Waals surface area contributed by atoms with Crippen molar-refractivity contribution in [2.45, 2.75) is 57.1 Å². The van der Waals surface area contributed by atoms with Crippen LogP contribution in [0.4, 0.5) is 0 Å². The van der Waals surface area contributed by atoms with Crippen LogP contribution in [0.5, 0.6) is 5.75 Å². The number of nitrogens with zero attached hydrogens (tertiary/aromatic N) is 1. The number of carbonyl (C=O) groups is 1. The molecule has 2 aliphatic rings. The molecule has 1 saturated heterocycles. The molecule has 3 atom stereocenters. The highest BCUT2D eigenvalue weighted by Crippen LogP contribution is 2.24. The minimum absolute atomic E-state index is 0.00249. The maximum absolute atomic E-state index is 12.7. The molecule has 6 heteroatoms. The van der Waals surface area contributed by atoms with Crippen LogP contribution in [-0.2, 0) is 29.0 Å². The first kappa shape index (κ1) is 21.8. The van der Waals surface area contributed by atoms with Crippen LogP contribution < -0.4 is 10.1 Å². The predicted molar refractivity (Wildman–Crippen MR) is 119 cm³/mol. The summed E-state index contributed by atoms with van der Waals surface area (Å²) in [5.74, 6) is 0.529. The van der Waals surface area contributed by atoms with Crippen molar-refractivity contribution in [2.24, 2.45) is 0 Å². The van der Waals surface area contributed by atoms with Crippen molar-refractivity contribution in [2.75, 3.05) is 20.2 Å². The van der Waals surface area contributed by atoms with Crippen molar-refractivity contribution >= 4 is 5.91 Å². The normalized spacial score (nSPS) is 23.7. The van der Waals surface area contributed by atoms with E-state index < -0.39 is 12.2 Å². The molecular formula is C25H32N2O4. The number of hydrogen-bond acceptors (Lipinski definition) is 5. The number of ether oxygens (including phenoxy) is 2. The van der Waals surface area contributed by atoms with Gasteiger partial charge in [-0.15, -0.1) is 0 Å². The SMILES string of the molecule is COc1ccc(CNC(=O)[C@@H]2O[C@H](CCN3CCc4ccccc4C3)CC[C@@H]2O)cc1. The highest BCUT2D eigenvalue weighted by molar-refractivity contribution is 5.81. The van der Waals surface area contributed by atoms with E-state index in [9.17, 15) is 9.90 Å². The van der Waals surface area contributed by atoms with Gasteiger partial charge in [-0.2, -0.15) is 0 Å². The largest absolute Gasteiger partial charge is 0.497 e. The number of fused-ring (bicyclic) bond motifs is 1. The van der Waals surface area contributed by atoms with Crippen molar-refractivity contribution < 1.29 is 19.4 Å². The Morgan fingerprint density at radius 2 is 1.94 bits per heavy atom. The van der Waals surface area contributed by atoms with Gasteiger partial charge in [0.15, 0.2) is 6.10 Å². The molecule has 31 heavy (non-hydrogen) atoms. The zero-order valence-electron chi connectivity index (χ0n) is 18.1. The van der Waals surface area contributed by atoms with Crippen LogP contribution in [0.2, 0.25) is 0 Å². The van der Waals surface area contributed by atoms with Gasteiger partial charge >= 0.3 is 0 Å². The number of benzene rings is 2. The molecule has 166 valence electrons. The van der Waals surface area contributed by atoms with Gasteiger partial charge in [-0.25, -0.2) is 0 Å². The summed E-state index contributed by atoms with van der Waals surface area (Å²) in [5.41, 5.74) is 3.83. The van der Waals surface area contributed by atoms with Crippen molar-refractivity contribution in [1.82, 2.24) is 10.2 Å². The van der Waals surface area contributed by atoms with Crippen LogP contribution >= 0.6 is 0 Å². The lowest BCUT2D eigenvalue weighted by molar-refractivity contribution is -0.158. The van der Waals surface area contributed by atoms with Gasteiger partial charge in [0, 0.05) is 26.2 Å². The molecule has 1 fully saturated rings. The van der Waals surface area contributed by atoms with E-state index in [2.05, 4.69) is 34.5 Å². The van der Waals surface area contributed by atoms with Gasteiger partial charge in [0.25, 0.3) is 5.91 Å². The third-order valence-corrected chi connectivity index (χ3v) is 6.33. The molecule has 2 N–H and O–H groups in total. The standard InChI is InChI=1S/C25H32N2O4/c1-30-21-8-6-18(7-9-21)16-26-25(29)24-23(28)11-10-22(31-24)13-15-27-14-12-19-4-2-3-5-20(19)17-27/h2-9,22-24,28H,10-17H2,1H3,(H,26,29)/t22-,23-,24+/m0/s1. The Bertz CT molecular complexity index is 870. The Kier molecular flexibility index (Phi) is 7.22. The minimum Gasteiger partial charge on any atom is -0.497 e. The number of methoxy groups -OCH3 is 1. The summed E-state index contributed by atoms with van der Waals surface area (Å²) in [4.78, 5) is 15.1. The second kappa shape index (κ2) is 10.3. The molecule has 2 aromatic rings. The fourth-order valence-electron chi connectivity index (χ4n) is 4.43. The molecule has 4 rings (SSSR count). The fraction of sp³-hybridized carbons (Fsp3) is 0.480. The Balaban J connectivity index is 1.25. The van der Waals surface area contributed by atoms with Gasteiger partial charge in [0.05, 0.1) is 19.3 Å². The molecule has 2 aromatic carbocycles. The smallest absolute Gasteiger partial charge is 0.252 e. The van der Waals surface area contributed by atoms with Gasteiger partial charge in [-0.05, 0) is 54.5 Å². The van der Waals surface area contributed by atoms with Crippen LogP contribution in [0.15, 0.2) is 48.5 Å². The van der Waals surface area contributed by atoms with Crippen LogP contribution in [0, 0.1) is 0 Å². The Hall–Kier alpha value is -2.41. The van der Waals surface area contributed by atoms with Crippen LogP contribution in [-0.4, -0.2) is 54.4 Å². The van der Waals surface area contributed by atoms with E-state index >= 15 is 0 Å². The molecule has 0 aromatic heterocycles. The third-order valence-electron chi connectivity index (χ3n) is 6.33. The van der Waals surface area contributed by atoms with E-state index in [1.165, 1.54) is 11.1 Å². The lowest BCUT2D eigenvalue weighted by Crippen LogP contribution is -2.49. The zero-order chi connectivity index (χ0) is 21.6. The number of hydrogen-bond donors (Lipinski definition) is 2. The van der Waals surface area contributed by atoms with Gasteiger partial charge in [0.2, 0.25) is 0 Å². The van der Waals surface area contributed by atoms with Gasteiger partial charge in [0.1, 0.15) is 5.75 Å². The first-order chi connectivity index (χ1) is 15.1. The average Bonchev–Trinajstić information content (AvgIpc) is 2.82. The molecule has 0 bridgehead atoms. The maximum atomic E-state index is 12.7. The summed E-state index contributed by atoms with van der Waals surface area (Å²) < 4.78 is 11.2. The first-order valence-corrected chi connectivity index (χ1v) is 11.2. The third kappa shape index (κ3) is 5.64. The van der Waals surface area contributed by atoms with Crippen molar-refractivity contribution in [3.8, 4) is 5.75 Å². The molecule has 0 aliphatic carbocycles. The molecule has 1 amide bonds. The molecule has 6 nitrogen and oxygen atoms in total. The second-order valence-corrected chi connectivity index (χ2v) is 8.47. The number of nitrogens with one attached hydrogen (secondary N) is 1. The van der Waals surface area contributed by atoms with E-state index in [1.54, 1.807) is 7.11 Å². The lowest BCUT2D eigenvalue weighted by atomic mass is 9.97. The fourth-order valence-corrected chi connectivity index (χ4v) is 4.43. The number of aliphatic hydroxyl groups is 1. The minimum atomic E-state index is -0.806. The van der Waals surface area contributed by atoms with Gasteiger partial charge in [-0.3, -0.25) is 9.69 Å². The molecule has 0 spiro atoms. The van der Waals surface area contributed by atoms with Crippen molar-refractivity contribution in [3.05, 3.63) is 65.2 Å². The number of carbonyl (C=O) groups excluding carboxylic acids is 1. The van der Waals surface area contributed by atoms with Gasteiger partial charge in [-0.1, -0.05) is 36.4 Å². The second-order valence-electron chi connectivity index (χ2n) is 8.47. The predicted octanol–water partition coefficient (Wildman–Crippen LogP) is 2.67. The Labute approximate surface area is 184 Å². The van der Waals surface area contributed by atoms with Crippen molar-refractivity contribution in [1.29, 1.82) is 0 Å². The summed E-state index contributed by atoms with van der Waals surface area (Å²) in [6.07, 6.45) is 1.76. The van der Waals surface area contributed by atoms with E-state index in [0.717, 1.165) is 50.2 Å². The van der Waals surface area contributed by atoms with Crippen LogP contribution in [0.25, 0.3) is 0 Å². The monoisotopic (exact) mass is 424 g/mol. The van der Waals surface area contributed by atoms with Crippen LogP contribution in [0.3, 0.4) is 0 Å². The topological polar surface area (TPSA) is 71.0 Å². The van der Waals surface area contributed by atoms with E-state index in [0.29, 0.717) is 13.0 Å². The molecule has 0 radical (unpaired) electrons. The number of rotatable bonds is 7. The molecular weight excluding hydrogens is 392 g/mol. The number of aliphatic hydroxyl groups excluding tert-OH is 1. The summed E-state index contributed by atoms with van der Waals surface area (Å²) in [7, 11) is 1.62. The van der Waals surface area contributed by atoms with Crippen molar-refractivity contribution in [3.63, 3.8) is 0 Å². The zero-order valence-corrected chi connectivity index (χ0v) is 18.1. The highest BCUT2D eigenvalue weighted by Gasteiger charge is 2.35. The highest BCUT2D eigenvalue weighted by atomic mass is 16.5. The van der Waals surface area contributed by atoms with Gasteiger partial charge < -0.3 is 19.9 Å². The molecule has 0 unspecified atom stereocenters. The van der Waals surface area contributed by atoms with Crippen LogP contribution in [0.1, 0.15) is 36.0 Å².